The van der Waals surface area contributed by atoms with E-state index in [-0.39, 0.29) is 24.2 Å². The summed E-state index contributed by atoms with van der Waals surface area (Å²) < 4.78 is 15.5. The van der Waals surface area contributed by atoms with Crippen LogP contribution >= 0.6 is 15.9 Å². The summed E-state index contributed by atoms with van der Waals surface area (Å²) in [5.74, 6) is 0.00504. The van der Waals surface area contributed by atoms with Gasteiger partial charge in [0.15, 0.2) is 5.82 Å². The van der Waals surface area contributed by atoms with Gasteiger partial charge in [-0.3, -0.25) is 4.79 Å². The molecule has 0 aliphatic rings. The van der Waals surface area contributed by atoms with Crippen LogP contribution in [-0.4, -0.2) is 26.1 Å². The maximum Gasteiger partial charge on any atom is 0.224 e. The van der Waals surface area contributed by atoms with Crippen LogP contribution in [0.3, 0.4) is 0 Å². The number of amides is 1. The number of rotatable bonds is 5. The van der Waals surface area contributed by atoms with Crippen LogP contribution in [-0.2, 0) is 11.2 Å². The molecule has 1 aromatic heterocycles. The first-order valence-corrected chi connectivity index (χ1v) is 8.40. The third kappa shape index (κ3) is 4.27. The molecule has 3 aromatic rings. The Kier molecular flexibility index (Phi) is 5.18. The van der Waals surface area contributed by atoms with Crippen molar-refractivity contribution in [3.8, 4) is 5.69 Å². The van der Waals surface area contributed by atoms with Crippen LogP contribution in [0.5, 0.6) is 0 Å². The molecule has 0 saturated heterocycles. The lowest BCUT2D eigenvalue weighted by Gasteiger charge is -2.14. The highest BCUT2D eigenvalue weighted by molar-refractivity contribution is 9.10. The summed E-state index contributed by atoms with van der Waals surface area (Å²) in [6.07, 6.45) is 0.157. The van der Waals surface area contributed by atoms with Crippen LogP contribution in [0.4, 0.5) is 4.39 Å². The molecule has 1 atom stereocenters. The zero-order valence-electron chi connectivity index (χ0n) is 13.4. The van der Waals surface area contributed by atoms with Gasteiger partial charge in [0, 0.05) is 4.47 Å². The molecule has 1 unspecified atom stereocenters. The minimum Gasteiger partial charge on any atom is -0.346 e. The quantitative estimate of drug-likeness (QED) is 0.710. The molecule has 1 N–H and O–H groups in total. The second-order valence-corrected chi connectivity index (χ2v) is 6.43. The molecular weight excluding hydrogens is 389 g/mol. The molecule has 1 amide bonds. The van der Waals surface area contributed by atoms with E-state index in [0.29, 0.717) is 5.82 Å². The van der Waals surface area contributed by atoms with Crippen molar-refractivity contribution in [2.75, 3.05) is 0 Å². The molecule has 25 heavy (non-hydrogen) atoms. The maximum atomic E-state index is 12.9. The third-order valence-corrected chi connectivity index (χ3v) is 4.14. The fourth-order valence-corrected chi connectivity index (χ4v) is 2.64. The van der Waals surface area contributed by atoms with Crippen molar-refractivity contribution in [1.82, 2.24) is 25.5 Å². The molecule has 1 heterocycles. The molecule has 0 saturated carbocycles. The van der Waals surface area contributed by atoms with Gasteiger partial charge in [-0.1, -0.05) is 28.1 Å². The van der Waals surface area contributed by atoms with E-state index in [9.17, 15) is 9.18 Å². The van der Waals surface area contributed by atoms with Crippen molar-refractivity contribution in [1.29, 1.82) is 0 Å². The van der Waals surface area contributed by atoms with Crippen LogP contribution in [0.1, 0.15) is 24.4 Å². The van der Waals surface area contributed by atoms with Crippen molar-refractivity contribution in [2.24, 2.45) is 0 Å². The predicted octanol–water partition coefficient (Wildman–Crippen LogP) is 2.98. The van der Waals surface area contributed by atoms with Crippen LogP contribution in [0.2, 0.25) is 0 Å². The van der Waals surface area contributed by atoms with Crippen LogP contribution in [0.15, 0.2) is 53.0 Å². The smallest absolute Gasteiger partial charge is 0.224 e. The summed E-state index contributed by atoms with van der Waals surface area (Å²) in [5.41, 5.74) is 1.53. The monoisotopic (exact) mass is 403 g/mol. The lowest BCUT2D eigenvalue weighted by Crippen LogP contribution is -2.30. The molecule has 128 valence electrons. The molecule has 3 rings (SSSR count). The van der Waals surface area contributed by atoms with Gasteiger partial charge in [-0.25, -0.2) is 4.39 Å². The molecule has 6 nitrogen and oxygen atoms in total. The molecule has 0 fully saturated rings. The number of carbonyl (C=O) groups excluding carboxylic acids is 1. The van der Waals surface area contributed by atoms with Crippen LogP contribution in [0, 0.1) is 5.82 Å². The molecule has 0 radical (unpaired) electrons. The third-order valence-electron chi connectivity index (χ3n) is 3.61. The Morgan fingerprint density at radius 1 is 1.20 bits per heavy atom. The number of carbonyl (C=O) groups is 1. The number of benzene rings is 2. The molecule has 0 aliphatic heterocycles. The van der Waals surface area contributed by atoms with Gasteiger partial charge in [0.05, 0.1) is 18.2 Å². The van der Waals surface area contributed by atoms with Crippen LogP contribution < -0.4 is 5.32 Å². The number of hydrogen-bond donors (Lipinski definition) is 1. The predicted molar refractivity (Wildman–Crippen MR) is 93.5 cm³/mol. The minimum absolute atomic E-state index is 0.157. The highest BCUT2D eigenvalue weighted by Gasteiger charge is 2.18. The number of halogens is 2. The number of nitrogens with one attached hydrogen (secondary N) is 1. The normalized spacial score (nSPS) is 12.0. The molecule has 0 spiro atoms. The maximum absolute atomic E-state index is 12.9. The van der Waals surface area contributed by atoms with Crippen LogP contribution in [0.25, 0.3) is 5.69 Å². The Hall–Kier alpha value is -2.61. The van der Waals surface area contributed by atoms with E-state index in [4.69, 9.17) is 0 Å². The topological polar surface area (TPSA) is 72.7 Å². The van der Waals surface area contributed by atoms with Crippen molar-refractivity contribution in [2.45, 2.75) is 19.4 Å². The lowest BCUT2D eigenvalue weighted by atomic mass is 10.1. The van der Waals surface area contributed by atoms with E-state index in [1.807, 2.05) is 31.2 Å². The van der Waals surface area contributed by atoms with Crippen molar-refractivity contribution in [3.63, 3.8) is 0 Å². The minimum atomic E-state index is -0.383. The van der Waals surface area contributed by atoms with E-state index in [2.05, 4.69) is 36.8 Å². The number of aromatic nitrogens is 4. The molecule has 2 aromatic carbocycles. The Morgan fingerprint density at radius 3 is 2.56 bits per heavy atom. The van der Waals surface area contributed by atoms with Crippen molar-refractivity contribution in [3.05, 3.63) is 70.2 Å². The number of tetrazole rings is 1. The van der Waals surface area contributed by atoms with Gasteiger partial charge < -0.3 is 5.32 Å². The summed E-state index contributed by atoms with van der Waals surface area (Å²) in [6, 6.07) is 13.0. The van der Waals surface area contributed by atoms with Gasteiger partial charge in [0.25, 0.3) is 0 Å². The van der Waals surface area contributed by atoms with Gasteiger partial charge >= 0.3 is 0 Å². The summed E-state index contributed by atoms with van der Waals surface area (Å²) in [7, 11) is 0. The Bertz CT molecular complexity index is 864. The van der Waals surface area contributed by atoms with E-state index in [1.54, 1.807) is 16.8 Å². The van der Waals surface area contributed by atoms with E-state index >= 15 is 0 Å². The molecule has 0 aliphatic carbocycles. The first-order valence-electron chi connectivity index (χ1n) is 7.61. The second kappa shape index (κ2) is 7.52. The fourth-order valence-electron chi connectivity index (χ4n) is 2.37. The zero-order valence-corrected chi connectivity index (χ0v) is 14.9. The molecular formula is C17H15BrFN5O. The van der Waals surface area contributed by atoms with Gasteiger partial charge in [0.2, 0.25) is 5.91 Å². The SMILES string of the molecule is CC(NC(=O)Cc1ccc(F)cc1)c1nnnn1-c1ccc(Br)cc1. The Balaban J connectivity index is 1.70. The van der Waals surface area contributed by atoms with Crippen molar-refractivity contribution >= 4 is 21.8 Å². The summed E-state index contributed by atoms with van der Waals surface area (Å²) in [6.45, 7) is 1.81. The average molecular weight is 404 g/mol. The van der Waals surface area contributed by atoms with Gasteiger partial charge in [-0.05, 0) is 59.3 Å². The summed E-state index contributed by atoms with van der Waals surface area (Å²) in [4.78, 5) is 12.2. The fraction of sp³-hybridized carbons (Fsp3) is 0.176. The van der Waals surface area contributed by atoms with Gasteiger partial charge in [-0.15, -0.1) is 5.10 Å². The standard InChI is InChI=1S/C17H15BrFN5O/c1-11(20-16(25)10-12-2-6-14(19)7-3-12)17-21-22-23-24(17)15-8-4-13(18)5-9-15/h2-9,11H,10H2,1H3,(H,20,25). The highest BCUT2D eigenvalue weighted by atomic mass is 79.9. The van der Waals surface area contributed by atoms with E-state index in [0.717, 1.165) is 15.7 Å². The second-order valence-electron chi connectivity index (χ2n) is 5.52. The Labute approximate surface area is 152 Å². The summed E-state index contributed by atoms with van der Waals surface area (Å²) in [5, 5.41) is 14.6. The average Bonchev–Trinajstić information content (AvgIpc) is 3.07. The summed E-state index contributed by atoms with van der Waals surface area (Å²) >= 11 is 3.38. The molecule has 0 bridgehead atoms. The van der Waals surface area contributed by atoms with Crippen molar-refractivity contribution < 1.29 is 9.18 Å². The number of hydrogen-bond acceptors (Lipinski definition) is 4. The van der Waals surface area contributed by atoms with Gasteiger partial charge in [-0.2, -0.15) is 4.68 Å². The first kappa shape index (κ1) is 17.2. The first-order chi connectivity index (χ1) is 12.0. The largest absolute Gasteiger partial charge is 0.346 e. The Morgan fingerprint density at radius 2 is 1.88 bits per heavy atom. The van der Waals surface area contributed by atoms with E-state index in [1.165, 1.54) is 12.1 Å². The number of nitrogens with zero attached hydrogens (tertiary/aromatic N) is 4. The van der Waals surface area contributed by atoms with Gasteiger partial charge in [0.1, 0.15) is 5.82 Å². The lowest BCUT2D eigenvalue weighted by molar-refractivity contribution is -0.121. The highest BCUT2D eigenvalue weighted by Crippen LogP contribution is 2.17. The molecule has 8 heteroatoms. The zero-order chi connectivity index (χ0) is 17.8. The van der Waals surface area contributed by atoms with E-state index < -0.39 is 0 Å².